The van der Waals surface area contributed by atoms with Gasteiger partial charge < -0.3 is 5.32 Å². The number of rotatable bonds is 2. The molecule has 0 radical (unpaired) electrons. The van der Waals surface area contributed by atoms with Crippen molar-refractivity contribution >= 4 is 11.7 Å². The summed E-state index contributed by atoms with van der Waals surface area (Å²) in [4.78, 5) is 15.7. The van der Waals surface area contributed by atoms with Crippen LogP contribution in [0.15, 0.2) is 49.2 Å². The summed E-state index contributed by atoms with van der Waals surface area (Å²) in [6.07, 6.45) is 1.16. The van der Waals surface area contributed by atoms with Gasteiger partial charge in [-0.05, 0) is 24.3 Å². The SMILES string of the molecule is Cn1ccc(-c2cc(NC(=O)n3ccnc3)ccc2C(F)(F)F)n1. The highest BCUT2D eigenvalue weighted by molar-refractivity contribution is 5.91. The second-order valence-corrected chi connectivity index (χ2v) is 5.03. The minimum absolute atomic E-state index is 0.105. The number of carbonyl (C=O) groups excluding carboxylic acids is 1. The van der Waals surface area contributed by atoms with Crippen LogP contribution in [0.2, 0.25) is 0 Å². The van der Waals surface area contributed by atoms with Gasteiger partial charge in [-0.15, -0.1) is 0 Å². The highest BCUT2D eigenvalue weighted by Crippen LogP contribution is 2.37. The number of nitrogens with zero attached hydrogens (tertiary/aromatic N) is 4. The number of imidazole rings is 1. The average molecular weight is 335 g/mol. The van der Waals surface area contributed by atoms with Gasteiger partial charge in [0.25, 0.3) is 0 Å². The number of benzene rings is 1. The van der Waals surface area contributed by atoms with Crippen LogP contribution in [0.4, 0.5) is 23.7 Å². The monoisotopic (exact) mass is 335 g/mol. The molecule has 24 heavy (non-hydrogen) atoms. The summed E-state index contributed by atoms with van der Waals surface area (Å²) in [5, 5.41) is 6.54. The fourth-order valence-corrected chi connectivity index (χ4v) is 2.21. The molecule has 0 aliphatic rings. The summed E-state index contributed by atoms with van der Waals surface area (Å²) >= 11 is 0. The number of anilines is 1. The molecule has 0 atom stereocenters. The van der Waals surface area contributed by atoms with Crippen LogP contribution in [0.25, 0.3) is 11.3 Å². The molecule has 2 heterocycles. The molecular formula is C15H12F3N5O. The Kier molecular flexibility index (Phi) is 3.84. The fraction of sp³-hybridized carbons (Fsp3) is 0.133. The van der Waals surface area contributed by atoms with Crippen LogP contribution in [0.5, 0.6) is 0 Å². The number of hydrogen-bond donors (Lipinski definition) is 1. The van der Waals surface area contributed by atoms with E-state index < -0.39 is 17.8 Å². The lowest BCUT2D eigenvalue weighted by atomic mass is 10.0. The third-order valence-corrected chi connectivity index (χ3v) is 3.30. The Morgan fingerprint density at radius 3 is 2.58 bits per heavy atom. The molecule has 1 amide bonds. The molecule has 0 saturated carbocycles. The summed E-state index contributed by atoms with van der Waals surface area (Å²) in [7, 11) is 1.61. The first-order chi connectivity index (χ1) is 11.3. The van der Waals surface area contributed by atoms with Crippen LogP contribution in [-0.2, 0) is 13.2 Å². The van der Waals surface area contributed by atoms with Crippen molar-refractivity contribution in [2.24, 2.45) is 7.05 Å². The molecule has 0 bridgehead atoms. The number of alkyl halides is 3. The van der Waals surface area contributed by atoms with Crippen molar-refractivity contribution < 1.29 is 18.0 Å². The Bertz CT molecular complexity index is 868. The molecule has 0 fully saturated rings. The zero-order valence-corrected chi connectivity index (χ0v) is 12.4. The first-order valence-electron chi connectivity index (χ1n) is 6.85. The van der Waals surface area contributed by atoms with E-state index in [0.717, 1.165) is 6.07 Å². The topological polar surface area (TPSA) is 64.7 Å². The van der Waals surface area contributed by atoms with Gasteiger partial charge in [0.05, 0.1) is 11.3 Å². The smallest absolute Gasteiger partial charge is 0.307 e. The number of aromatic nitrogens is 4. The summed E-state index contributed by atoms with van der Waals surface area (Å²) in [6, 6.07) is 4.32. The van der Waals surface area contributed by atoms with Gasteiger partial charge in [-0.3, -0.25) is 9.25 Å². The first kappa shape index (κ1) is 15.8. The van der Waals surface area contributed by atoms with Gasteiger partial charge in [-0.1, -0.05) is 0 Å². The zero-order valence-electron chi connectivity index (χ0n) is 12.4. The van der Waals surface area contributed by atoms with E-state index in [2.05, 4.69) is 15.4 Å². The van der Waals surface area contributed by atoms with Crippen molar-refractivity contribution in [1.29, 1.82) is 0 Å². The van der Waals surface area contributed by atoms with Crippen LogP contribution in [0.3, 0.4) is 0 Å². The van der Waals surface area contributed by atoms with Gasteiger partial charge in [-0.25, -0.2) is 9.78 Å². The largest absolute Gasteiger partial charge is 0.417 e. The number of amides is 1. The minimum atomic E-state index is -4.53. The second-order valence-electron chi connectivity index (χ2n) is 5.03. The molecule has 0 saturated heterocycles. The molecule has 2 aromatic heterocycles. The predicted octanol–water partition coefficient (Wildman–Crippen LogP) is 3.38. The van der Waals surface area contributed by atoms with E-state index in [9.17, 15) is 18.0 Å². The Morgan fingerprint density at radius 1 is 1.21 bits per heavy atom. The molecule has 0 spiro atoms. The number of aryl methyl sites for hydroxylation is 1. The quantitative estimate of drug-likeness (QED) is 0.781. The summed E-state index contributed by atoms with van der Waals surface area (Å²) in [5.74, 6) is 0. The summed E-state index contributed by atoms with van der Waals surface area (Å²) < 4.78 is 42.3. The molecule has 1 N–H and O–H groups in total. The van der Waals surface area contributed by atoms with E-state index in [1.807, 2.05) is 0 Å². The molecule has 0 unspecified atom stereocenters. The second kappa shape index (κ2) is 5.84. The van der Waals surface area contributed by atoms with Crippen LogP contribution in [0, 0.1) is 0 Å². The molecule has 9 heteroatoms. The highest BCUT2D eigenvalue weighted by Gasteiger charge is 2.34. The molecule has 0 aliphatic carbocycles. The summed E-state index contributed by atoms with van der Waals surface area (Å²) in [6.45, 7) is 0. The molecule has 124 valence electrons. The number of halogens is 3. The maximum atomic E-state index is 13.2. The van der Waals surface area contributed by atoms with E-state index in [-0.39, 0.29) is 16.9 Å². The number of carbonyl (C=O) groups is 1. The summed E-state index contributed by atoms with van der Waals surface area (Å²) in [5.41, 5.74) is -0.528. The van der Waals surface area contributed by atoms with Gasteiger partial charge in [0, 0.05) is 36.9 Å². The van der Waals surface area contributed by atoms with E-state index in [0.29, 0.717) is 0 Å². The van der Waals surface area contributed by atoms with Crippen molar-refractivity contribution in [3.63, 3.8) is 0 Å². The van der Waals surface area contributed by atoms with Crippen LogP contribution in [0.1, 0.15) is 5.56 Å². The maximum Gasteiger partial charge on any atom is 0.417 e. The normalized spacial score (nSPS) is 11.5. The Balaban J connectivity index is 1.99. The van der Waals surface area contributed by atoms with E-state index in [4.69, 9.17) is 0 Å². The lowest BCUT2D eigenvalue weighted by Gasteiger charge is -2.14. The number of nitrogens with one attached hydrogen (secondary N) is 1. The standard InChI is InChI=1S/C15H12F3N5O/c1-22-6-4-13(21-22)11-8-10(2-3-12(11)15(16,17)18)20-14(24)23-7-5-19-9-23/h2-9H,1H3,(H,20,24). The van der Waals surface area contributed by atoms with Gasteiger partial charge in [0.2, 0.25) is 0 Å². The van der Waals surface area contributed by atoms with Crippen molar-refractivity contribution in [2.75, 3.05) is 5.32 Å². The Morgan fingerprint density at radius 2 is 2.00 bits per heavy atom. The van der Waals surface area contributed by atoms with Crippen molar-refractivity contribution in [3.8, 4) is 11.3 Å². The van der Waals surface area contributed by atoms with Gasteiger partial charge in [0.1, 0.15) is 6.33 Å². The van der Waals surface area contributed by atoms with Gasteiger partial charge in [0.15, 0.2) is 0 Å². The molecule has 1 aromatic carbocycles. The van der Waals surface area contributed by atoms with Crippen molar-refractivity contribution in [1.82, 2.24) is 19.3 Å². The fourth-order valence-electron chi connectivity index (χ4n) is 2.21. The molecular weight excluding hydrogens is 323 g/mol. The lowest BCUT2D eigenvalue weighted by molar-refractivity contribution is -0.137. The maximum absolute atomic E-state index is 13.2. The van der Waals surface area contributed by atoms with E-state index in [1.54, 1.807) is 13.2 Å². The number of hydrogen-bond acceptors (Lipinski definition) is 3. The predicted molar refractivity (Wildman–Crippen MR) is 80.3 cm³/mol. The van der Waals surface area contributed by atoms with E-state index >= 15 is 0 Å². The van der Waals surface area contributed by atoms with Crippen LogP contribution < -0.4 is 5.32 Å². The van der Waals surface area contributed by atoms with Gasteiger partial charge in [-0.2, -0.15) is 18.3 Å². The molecule has 6 nitrogen and oxygen atoms in total. The zero-order chi connectivity index (χ0) is 17.3. The third kappa shape index (κ3) is 3.14. The highest BCUT2D eigenvalue weighted by atomic mass is 19.4. The Labute approximate surface area is 134 Å². The van der Waals surface area contributed by atoms with Crippen LogP contribution in [-0.4, -0.2) is 25.4 Å². The minimum Gasteiger partial charge on any atom is -0.307 e. The van der Waals surface area contributed by atoms with Crippen LogP contribution >= 0.6 is 0 Å². The van der Waals surface area contributed by atoms with Crippen molar-refractivity contribution in [2.45, 2.75) is 6.18 Å². The van der Waals surface area contributed by atoms with E-state index in [1.165, 1.54) is 46.2 Å². The molecule has 0 aliphatic heterocycles. The molecule has 3 rings (SSSR count). The Hall–Kier alpha value is -3.10. The third-order valence-electron chi connectivity index (χ3n) is 3.30. The van der Waals surface area contributed by atoms with Crippen molar-refractivity contribution in [3.05, 3.63) is 54.7 Å². The van der Waals surface area contributed by atoms with Gasteiger partial charge >= 0.3 is 12.2 Å². The molecule has 3 aromatic rings. The first-order valence-corrected chi connectivity index (χ1v) is 6.85. The average Bonchev–Trinajstić information content (AvgIpc) is 3.17. The lowest BCUT2D eigenvalue weighted by Crippen LogP contribution is -2.18.